The molecule has 0 aliphatic carbocycles. The van der Waals surface area contributed by atoms with Crippen LogP contribution >= 0.6 is 24.0 Å². The lowest BCUT2D eigenvalue weighted by atomic mass is 10.1. The van der Waals surface area contributed by atoms with E-state index in [1.807, 2.05) is 48.9 Å². The fourth-order valence-electron chi connectivity index (χ4n) is 3.13. The largest absolute Gasteiger partial charge is 0.372 e. The summed E-state index contributed by atoms with van der Waals surface area (Å²) >= 11 is 6.81. The van der Waals surface area contributed by atoms with Crippen LogP contribution in [-0.2, 0) is 4.79 Å². The summed E-state index contributed by atoms with van der Waals surface area (Å²) in [5.74, 6) is -0.0739. The maximum atomic E-state index is 12.9. The number of nitrogens with zero attached hydrogens (tertiary/aromatic N) is 3. The molecule has 1 aliphatic heterocycles. The Morgan fingerprint density at radius 1 is 1.04 bits per heavy atom. The Morgan fingerprint density at radius 3 is 2.15 bits per heavy atom. The molecule has 0 N–H and O–H groups in total. The minimum absolute atomic E-state index is 0.0739. The van der Waals surface area contributed by atoms with Gasteiger partial charge in [-0.2, -0.15) is 5.01 Å². The summed E-state index contributed by atoms with van der Waals surface area (Å²) in [4.78, 5) is 15.9. The first-order valence-electron chi connectivity index (χ1n) is 8.74. The molecule has 1 aromatic heterocycles. The zero-order valence-electron chi connectivity index (χ0n) is 15.5. The first-order chi connectivity index (χ1) is 12.5. The zero-order chi connectivity index (χ0) is 18.8. The van der Waals surface area contributed by atoms with E-state index in [4.69, 9.17) is 12.2 Å². The van der Waals surface area contributed by atoms with Crippen molar-refractivity contribution in [3.05, 3.63) is 58.3 Å². The van der Waals surface area contributed by atoms with Crippen LogP contribution in [0, 0.1) is 13.8 Å². The third kappa shape index (κ3) is 3.44. The molecule has 136 valence electrons. The number of anilines is 1. The Kier molecular flexibility index (Phi) is 5.53. The highest BCUT2D eigenvalue weighted by Crippen LogP contribution is 2.33. The van der Waals surface area contributed by atoms with Crippen molar-refractivity contribution in [2.75, 3.05) is 23.0 Å². The summed E-state index contributed by atoms with van der Waals surface area (Å²) in [5, 5.41) is 1.58. The normalized spacial score (nSPS) is 16.0. The lowest BCUT2D eigenvalue weighted by Crippen LogP contribution is -2.39. The number of hydrogen-bond acceptors (Lipinski definition) is 4. The van der Waals surface area contributed by atoms with Gasteiger partial charge in [-0.1, -0.05) is 23.9 Å². The van der Waals surface area contributed by atoms with E-state index in [1.54, 1.807) is 5.01 Å². The Labute approximate surface area is 164 Å². The van der Waals surface area contributed by atoms with Crippen LogP contribution in [0.15, 0.2) is 41.3 Å². The molecule has 0 atom stereocenters. The number of thiocarbonyl (C=S) groups is 1. The second kappa shape index (κ2) is 7.68. The third-order valence-electron chi connectivity index (χ3n) is 4.53. The molecule has 2 heterocycles. The van der Waals surface area contributed by atoms with Gasteiger partial charge in [0.1, 0.15) is 0 Å². The number of carbonyl (C=O) groups excluding carboxylic acids is 1. The van der Waals surface area contributed by atoms with Crippen molar-refractivity contribution in [2.24, 2.45) is 0 Å². The molecule has 6 heteroatoms. The summed E-state index contributed by atoms with van der Waals surface area (Å²) in [6.45, 7) is 10.2. The molecule has 1 fully saturated rings. The summed E-state index contributed by atoms with van der Waals surface area (Å²) in [5.41, 5.74) is 4.17. The molecule has 0 unspecified atom stereocenters. The van der Waals surface area contributed by atoms with E-state index in [0.29, 0.717) is 9.23 Å². The number of benzene rings is 1. The summed E-state index contributed by atoms with van der Waals surface area (Å²) in [6, 6.07) is 12.3. The topological polar surface area (TPSA) is 28.5 Å². The SMILES string of the molecule is CCN(CC)c1ccc(/C=C2/SC(=S)N(n3c(C)ccc3C)C2=O)cc1. The molecule has 1 aliphatic rings. The van der Waals surface area contributed by atoms with Crippen LogP contribution in [0.4, 0.5) is 5.69 Å². The molecule has 26 heavy (non-hydrogen) atoms. The predicted molar refractivity (Wildman–Crippen MR) is 115 cm³/mol. The van der Waals surface area contributed by atoms with Gasteiger partial charge in [-0.15, -0.1) is 0 Å². The molecule has 0 radical (unpaired) electrons. The second-order valence-electron chi connectivity index (χ2n) is 6.19. The average Bonchev–Trinajstić information content (AvgIpc) is 3.09. The minimum atomic E-state index is -0.0739. The van der Waals surface area contributed by atoms with Crippen LogP contribution in [0.2, 0.25) is 0 Å². The van der Waals surface area contributed by atoms with E-state index in [2.05, 4.69) is 30.9 Å². The van der Waals surface area contributed by atoms with Crippen molar-refractivity contribution in [1.82, 2.24) is 4.68 Å². The number of aryl methyl sites for hydroxylation is 2. The van der Waals surface area contributed by atoms with Gasteiger partial charge in [0.25, 0.3) is 5.91 Å². The van der Waals surface area contributed by atoms with Gasteiger partial charge in [0.05, 0.1) is 4.91 Å². The van der Waals surface area contributed by atoms with Crippen molar-refractivity contribution in [3.8, 4) is 0 Å². The lowest BCUT2D eigenvalue weighted by molar-refractivity contribution is -0.114. The van der Waals surface area contributed by atoms with Crippen molar-refractivity contribution >= 4 is 46.0 Å². The quantitative estimate of drug-likeness (QED) is 0.560. The monoisotopic (exact) mass is 385 g/mol. The first kappa shape index (κ1) is 18.7. The van der Waals surface area contributed by atoms with Crippen molar-refractivity contribution in [3.63, 3.8) is 0 Å². The van der Waals surface area contributed by atoms with Crippen molar-refractivity contribution in [2.45, 2.75) is 27.7 Å². The molecule has 1 amide bonds. The average molecular weight is 386 g/mol. The van der Waals surface area contributed by atoms with Crippen molar-refractivity contribution in [1.29, 1.82) is 0 Å². The Balaban J connectivity index is 1.86. The van der Waals surface area contributed by atoms with Crippen LogP contribution < -0.4 is 9.91 Å². The number of amides is 1. The van der Waals surface area contributed by atoms with E-state index < -0.39 is 0 Å². The van der Waals surface area contributed by atoms with Gasteiger partial charge in [-0.05, 0) is 75.8 Å². The minimum Gasteiger partial charge on any atom is -0.372 e. The highest BCUT2D eigenvalue weighted by Gasteiger charge is 2.34. The second-order valence-corrected chi connectivity index (χ2v) is 7.86. The molecule has 4 nitrogen and oxygen atoms in total. The smallest absolute Gasteiger partial charge is 0.285 e. The van der Waals surface area contributed by atoms with Crippen LogP contribution in [-0.4, -0.2) is 28.0 Å². The Bertz CT molecular complexity index is 844. The first-order valence-corrected chi connectivity index (χ1v) is 9.97. The number of rotatable bonds is 5. The number of carbonyl (C=O) groups is 1. The molecule has 0 bridgehead atoms. The van der Waals surface area contributed by atoms with Gasteiger partial charge >= 0.3 is 0 Å². The Hall–Kier alpha value is -2.05. The van der Waals surface area contributed by atoms with Crippen LogP contribution in [0.1, 0.15) is 30.8 Å². The number of aromatic nitrogens is 1. The highest BCUT2D eigenvalue weighted by molar-refractivity contribution is 8.27. The maximum Gasteiger partial charge on any atom is 0.285 e. The van der Waals surface area contributed by atoms with E-state index in [1.165, 1.54) is 17.4 Å². The van der Waals surface area contributed by atoms with Crippen LogP contribution in [0.5, 0.6) is 0 Å². The van der Waals surface area contributed by atoms with Gasteiger partial charge in [0.2, 0.25) is 0 Å². The van der Waals surface area contributed by atoms with E-state index in [-0.39, 0.29) is 5.91 Å². The highest BCUT2D eigenvalue weighted by atomic mass is 32.2. The van der Waals surface area contributed by atoms with E-state index in [0.717, 1.165) is 30.0 Å². The summed E-state index contributed by atoms with van der Waals surface area (Å²) < 4.78 is 2.44. The predicted octanol–water partition coefficient (Wildman–Crippen LogP) is 4.49. The summed E-state index contributed by atoms with van der Waals surface area (Å²) in [6.07, 6.45) is 1.92. The maximum absolute atomic E-state index is 12.9. The van der Waals surface area contributed by atoms with E-state index in [9.17, 15) is 4.79 Å². The molecule has 0 saturated carbocycles. The van der Waals surface area contributed by atoms with Gasteiger partial charge in [0, 0.05) is 30.2 Å². The Morgan fingerprint density at radius 2 is 1.62 bits per heavy atom. The molecule has 1 saturated heterocycles. The van der Waals surface area contributed by atoms with Gasteiger partial charge in [0.15, 0.2) is 4.32 Å². The van der Waals surface area contributed by atoms with Crippen LogP contribution in [0.25, 0.3) is 6.08 Å². The molecule has 2 aromatic rings. The molecular weight excluding hydrogens is 362 g/mol. The lowest BCUT2D eigenvalue weighted by Gasteiger charge is -2.21. The molecule has 3 rings (SSSR count). The van der Waals surface area contributed by atoms with Gasteiger partial charge in [-0.25, -0.2) is 0 Å². The molecular formula is C20H23N3OS2. The van der Waals surface area contributed by atoms with Crippen LogP contribution in [0.3, 0.4) is 0 Å². The fourth-order valence-corrected chi connectivity index (χ4v) is 4.37. The van der Waals surface area contributed by atoms with Gasteiger partial charge in [-0.3, -0.25) is 9.47 Å². The number of hydrogen-bond donors (Lipinski definition) is 0. The zero-order valence-corrected chi connectivity index (χ0v) is 17.2. The van der Waals surface area contributed by atoms with E-state index >= 15 is 0 Å². The standard InChI is InChI=1S/C20H23N3OS2/c1-5-21(6-2)17-11-9-16(10-12-17)13-18-19(24)23(20(25)26-18)22-14(3)7-8-15(22)4/h7-13H,5-6H2,1-4H3/b18-13+. The van der Waals surface area contributed by atoms with Crippen molar-refractivity contribution < 1.29 is 4.79 Å². The third-order valence-corrected chi connectivity index (χ3v) is 5.81. The summed E-state index contributed by atoms with van der Waals surface area (Å²) in [7, 11) is 0. The number of thioether (sulfide) groups is 1. The fraction of sp³-hybridized carbons (Fsp3) is 0.300. The molecule has 1 aromatic carbocycles. The van der Waals surface area contributed by atoms with Gasteiger partial charge < -0.3 is 4.90 Å². The molecule has 0 spiro atoms.